The van der Waals surface area contributed by atoms with Crippen LogP contribution in [0.25, 0.3) is 0 Å². The van der Waals surface area contributed by atoms with E-state index in [4.69, 9.17) is 14.6 Å². The summed E-state index contributed by atoms with van der Waals surface area (Å²) in [7, 11) is 0. The molecule has 0 radical (unpaired) electrons. The number of carboxylic acids is 1. The van der Waals surface area contributed by atoms with Crippen molar-refractivity contribution in [1.29, 1.82) is 0 Å². The highest BCUT2D eigenvalue weighted by atomic mass is 16.5. The second-order valence-electron chi connectivity index (χ2n) is 5.97. The molecular weight excluding hydrogens is 322 g/mol. The van der Waals surface area contributed by atoms with Gasteiger partial charge in [0.1, 0.15) is 11.9 Å². The average Bonchev–Trinajstić information content (AvgIpc) is 2.62. The van der Waals surface area contributed by atoms with Crippen molar-refractivity contribution in [2.24, 2.45) is 0 Å². The van der Waals surface area contributed by atoms with Crippen LogP contribution < -0.4 is 4.74 Å². The Hall–Kier alpha value is -2.51. The van der Waals surface area contributed by atoms with E-state index in [2.05, 4.69) is 14.9 Å². The zero-order valence-corrected chi connectivity index (χ0v) is 14.1. The fourth-order valence-electron chi connectivity index (χ4n) is 2.75. The van der Waals surface area contributed by atoms with Gasteiger partial charge in [0.2, 0.25) is 0 Å². The smallest absolute Gasteiger partial charge is 0.341 e. The summed E-state index contributed by atoms with van der Waals surface area (Å²) < 4.78 is 11.2. The summed E-state index contributed by atoms with van der Waals surface area (Å²) in [6.45, 7) is 4.32. The summed E-state index contributed by atoms with van der Waals surface area (Å²) in [5.41, 5.74) is 2.66. The van der Waals surface area contributed by atoms with E-state index in [0.29, 0.717) is 25.4 Å². The Kier molecular flexibility index (Phi) is 5.57. The molecule has 1 unspecified atom stereocenters. The van der Waals surface area contributed by atoms with Gasteiger partial charge in [0.15, 0.2) is 6.61 Å². The topological polar surface area (TPSA) is 84.8 Å². The van der Waals surface area contributed by atoms with Crippen molar-refractivity contribution in [2.45, 2.75) is 19.6 Å². The number of aryl methyl sites for hydroxylation is 1. The average molecular weight is 343 g/mol. The predicted molar refractivity (Wildman–Crippen MR) is 90.3 cm³/mol. The Bertz CT molecular complexity index is 721. The number of para-hydroxylation sites is 1. The van der Waals surface area contributed by atoms with E-state index in [9.17, 15) is 4.79 Å². The summed E-state index contributed by atoms with van der Waals surface area (Å²) in [5.74, 6) is -0.387. The number of rotatable bonds is 6. The van der Waals surface area contributed by atoms with Crippen LogP contribution in [0.15, 0.2) is 36.7 Å². The molecule has 1 aliphatic rings. The number of aliphatic carboxylic acids is 1. The number of hydrogen-bond acceptors (Lipinski definition) is 6. The number of benzene rings is 1. The van der Waals surface area contributed by atoms with Crippen molar-refractivity contribution in [2.75, 3.05) is 26.3 Å². The Labute approximate surface area is 146 Å². The summed E-state index contributed by atoms with van der Waals surface area (Å²) in [5, 5.41) is 8.80. The van der Waals surface area contributed by atoms with Crippen molar-refractivity contribution in [3.8, 4) is 5.75 Å². The van der Waals surface area contributed by atoms with Crippen LogP contribution in [-0.2, 0) is 16.1 Å². The van der Waals surface area contributed by atoms with Crippen molar-refractivity contribution < 1.29 is 19.4 Å². The van der Waals surface area contributed by atoms with Gasteiger partial charge < -0.3 is 14.6 Å². The van der Waals surface area contributed by atoms with Gasteiger partial charge in [-0.25, -0.2) is 4.79 Å². The zero-order valence-electron chi connectivity index (χ0n) is 14.1. The summed E-state index contributed by atoms with van der Waals surface area (Å²) in [4.78, 5) is 21.7. The van der Waals surface area contributed by atoms with E-state index in [1.807, 2.05) is 25.1 Å². The van der Waals surface area contributed by atoms with Gasteiger partial charge >= 0.3 is 5.97 Å². The van der Waals surface area contributed by atoms with Crippen molar-refractivity contribution in [3.63, 3.8) is 0 Å². The molecule has 1 aromatic carbocycles. The van der Waals surface area contributed by atoms with Gasteiger partial charge in [-0.05, 0) is 13.0 Å². The highest BCUT2D eigenvalue weighted by Crippen LogP contribution is 2.24. The number of carboxylic acid groups (broad SMARTS) is 1. The molecule has 3 rings (SSSR count). The van der Waals surface area contributed by atoms with E-state index in [0.717, 1.165) is 23.5 Å². The molecule has 0 spiro atoms. The molecule has 7 nitrogen and oxygen atoms in total. The molecule has 0 amide bonds. The highest BCUT2D eigenvalue weighted by molar-refractivity contribution is 5.68. The Morgan fingerprint density at radius 2 is 2.20 bits per heavy atom. The third-order valence-corrected chi connectivity index (χ3v) is 4.00. The monoisotopic (exact) mass is 343 g/mol. The second kappa shape index (κ2) is 8.04. The van der Waals surface area contributed by atoms with Gasteiger partial charge in [-0.3, -0.25) is 14.9 Å². The third kappa shape index (κ3) is 4.74. The Morgan fingerprint density at radius 1 is 1.36 bits per heavy atom. The van der Waals surface area contributed by atoms with Crippen LogP contribution >= 0.6 is 0 Å². The lowest BCUT2D eigenvalue weighted by atomic mass is 10.1. The van der Waals surface area contributed by atoms with E-state index < -0.39 is 5.97 Å². The summed E-state index contributed by atoms with van der Waals surface area (Å²) in [6, 6.07) is 7.51. The molecule has 1 aromatic heterocycles. The lowest BCUT2D eigenvalue weighted by Gasteiger charge is -2.32. The van der Waals surface area contributed by atoms with Crippen molar-refractivity contribution >= 4 is 5.97 Å². The van der Waals surface area contributed by atoms with Crippen LogP contribution in [0.2, 0.25) is 0 Å². The molecular formula is C18H21N3O4. The molecule has 25 heavy (non-hydrogen) atoms. The van der Waals surface area contributed by atoms with Crippen LogP contribution in [0.5, 0.6) is 5.75 Å². The van der Waals surface area contributed by atoms with Crippen LogP contribution in [0.1, 0.15) is 23.1 Å². The van der Waals surface area contributed by atoms with Crippen LogP contribution in [0.4, 0.5) is 0 Å². The molecule has 0 bridgehead atoms. The van der Waals surface area contributed by atoms with Gasteiger partial charge in [-0.2, -0.15) is 0 Å². The van der Waals surface area contributed by atoms with E-state index >= 15 is 0 Å². The molecule has 2 aromatic rings. The first kappa shape index (κ1) is 17.3. The molecule has 1 fully saturated rings. The number of ether oxygens (including phenoxy) is 2. The normalized spacial score (nSPS) is 18.0. The van der Waals surface area contributed by atoms with E-state index in [1.54, 1.807) is 18.5 Å². The van der Waals surface area contributed by atoms with Gasteiger partial charge in [0.05, 0.1) is 24.2 Å². The lowest BCUT2D eigenvalue weighted by Crippen LogP contribution is -2.38. The van der Waals surface area contributed by atoms with Gasteiger partial charge in [0, 0.05) is 31.4 Å². The zero-order chi connectivity index (χ0) is 17.6. The van der Waals surface area contributed by atoms with Gasteiger partial charge in [-0.15, -0.1) is 0 Å². The SMILES string of the molecule is Cc1cnc(C2CN(Cc3ccccc3OCC(=O)O)CCO2)cn1. The number of carbonyl (C=O) groups is 1. The number of hydrogen-bond donors (Lipinski definition) is 1. The Morgan fingerprint density at radius 3 is 2.96 bits per heavy atom. The van der Waals surface area contributed by atoms with Gasteiger partial charge in [0.25, 0.3) is 0 Å². The van der Waals surface area contributed by atoms with Crippen LogP contribution in [-0.4, -0.2) is 52.2 Å². The van der Waals surface area contributed by atoms with Crippen molar-refractivity contribution in [1.82, 2.24) is 14.9 Å². The predicted octanol–water partition coefficient (Wildman–Crippen LogP) is 1.82. The molecule has 7 heteroatoms. The van der Waals surface area contributed by atoms with E-state index in [-0.39, 0.29) is 12.7 Å². The summed E-state index contributed by atoms with van der Waals surface area (Å²) in [6.07, 6.45) is 3.38. The minimum atomic E-state index is -0.987. The van der Waals surface area contributed by atoms with Gasteiger partial charge in [-0.1, -0.05) is 18.2 Å². The minimum Gasteiger partial charge on any atom is -0.482 e. The summed E-state index contributed by atoms with van der Waals surface area (Å²) >= 11 is 0. The molecule has 1 atom stereocenters. The largest absolute Gasteiger partial charge is 0.482 e. The Balaban J connectivity index is 1.66. The molecule has 1 aliphatic heterocycles. The molecule has 1 saturated heterocycles. The first-order valence-corrected chi connectivity index (χ1v) is 8.17. The fraction of sp³-hybridized carbons (Fsp3) is 0.389. The maximum atomic E-state index is 10.7. The highest BCUT2D eigenvalue weighted by Gasteiger charge is 2.24. The first-order valence-electron chi connectivity index (χ1n) is 8.17. The maximum absolute atomic E-state index is 10.7. The number of nitrogens with zero attached hydrogens (tertiary/aromatic N) is 3. The minimum absolute atomic E-state index is 0.117. The quantitative estimate of drug-likeness (QED) is 0.856. The molecule has 2 heterocycles. The third-order valence-electron chi connectivity index (χ3n) is 4.00. The number of aromatic nitrogens is 2. The molecule has 0 saturated carbocycles. The standard InChI is InChI=1S/C18H21N3O4/c1-13-8-20-15(9-19-13)17-11-21(6-7-24-17)10-14-4-2-3-5-16(14)25-12-18(22)23/h2-5,8-9,17H,6-7,10-12H2,1H3,(H,22,23). The first-order chi connectivity index (χ1) is 12.1. The van der Waals surface area contributed by atoms with E-state index in [1.165, 1.54) is 0 Å². The maximum Gasteiger partial charge on any atom is 0.341 e. The fourth-order valence-corrected chi connectivity index (χ4v) is 2.75. The number of morpholine rings is 1. The van der Waals surface area contributed by atoms with Crippen LogP contribution in [0.3, 0.4) is 0 Å². The second-order valence-corrected chi connectivity index (χ2v) is 5.97. The molecule has 1 N–H and O–H groups in total. The molecule has 0 aliphatic carbocycles. The lowest BCUT2D eigenvalue weighted by molar-refractivity contribution is -0.139. The molecule has 132 valence electrons. The van der Waals surface area contributed by atoms with Crippen molar-refractivity contribution in [3.05, 3.63) is 53.6 Å². The van der Waals surface area contributed by atoms with Crippen LogP contribution in [0, 0.1) is 6.92 Å².